The van der Waals surface area contributed by atoms with Gasteiger partial charge in [0.25, 0.3) is 0 Å². The molecule has 0 aliphatic rings. The van der Waals surface area contributed by atoms with Crippen molar-refractivity contribution in [3.8, 4) is 5.75 Å². The normalized spacial score (nSPS) is 12.6. The van der Waals surface area contributed by atoms with Crippen LogP contribution in [0, 0.1) is 6.92 Å². The second-order valence-corrected chi connectivity index (χ2v) is 6.10. The van der Waals surface area contributed by atoms with Crippen molar-refractivity contribution < 1.29 is 4.74 Å². The molecule has 5 heteroatoms. The van der Waals surface area contributed by atoms with Gasteiger partial charge >= 0.3 is 0 Å². The van der Waals surface area contributed by atoms with Crippen LogP contribution < -0.4 is 10.1 Å². The predicted octanol–water partition coefficient (Wildman–Crippen LogP) is 3.56. The Kier molecular flexibility index (Phi) is 5.82. The summed E-state index contributed by atoms with van der Waals surface area (Å²) in [5, 5.41) is 10.3. The summed E-state index contributed by atoms with van der Waals surface area (Å²) < 4.78 is 7.59. The van der Waals surface area contributed by atoms with Gasteiger partial charge in [-0.2, -0.15) is 5.10 Å². The van der Waals surface area contributed by atoms with Gasteiger partial charge in [0.1, 0.15) is 5.75 Å². The predicted molar refractivity (Wildman–Crippen MR) is 88.2 cm³/mol. The molecule has 2 aromatic rings. The van der Waals surface area contributed by atoms with Gasteiger partial charge in [0.2, 0.25) is 0 Å². The fourth-order valence-electron chi connectivity index (χ4n) is 2.55. The molecular formula is C16H25N3OS. The maximum Gasteiger partial charge on any atom is 0.134 e. The largest absolute Gasteiger partial charge is 0.496 e. The Morgan fingerprint density at radius 1 is 1.43 bits per heavy atom. The summed E-state index contributed by atoms with van der Waals surface area (Å²) in [5.74, 6) is 0.980. The van der Waals surface area contributed by atoms with Gasteiger partial charge in [0, 0.05) is 18.7 Å². The van der Waals surface area contributed by atoms with E-state index in [4.69, 9.17) is 4.74 Å². The zero-order valence-corrected chi connectivity index (χ0v) is 14.2. The first kappa shape index (κ1) is 16.0. The van der Waals surface area contributed by atoms with E-state index in [2.05, 4.69) is 47.3 Å². The molecule has 0 aliphatic carbocycles. The molecular weight excluding hydrogens is 282 g/mol. The van der Waals surface area contributed by atoms with E-state index in [1.807, 2.05) is 6.07 Å². The van der Waals surface area contributed by atoms with E-state index in [1.54, 1.807) is 18.4 Å². The molecule has 0 spiro atoms. The lowest BCUT2D eigenvalue weighted by molar-refractivity contribution is 0.401. The van der Waals surface area contributed by atoms with Crippen LogP contribution in [0.25, 0.3) is 0 Å². The number of ether oxygens (including phenoxy) is 1. The van der Waals surface area contributed by atoms with E-state index >= 15 is 0 Å². The molecule has 0 bridgehead atoms. The molecule has 4 nitrogen and oxygen atoms in total. The molecule has 0 saturated heterocycles. The SMILES string of the molecule is CCCNC(Cc1cc(C)nn1CC)c1sccc1OC. The maximum absolute atomic E-state index is 5.49. The van der Waals surface area contributed by atoms with Crippen LogP contribution in [0.2, 0.25) is 0 Å². The lowest BCUT2D eigenvalue weighted by Crippen LogP contribution is -2.24. The highest BCUT2D eigenvalue weighted by Crippen LogP contribution is 2.33. The molecule has 1 N–H and O–H groups in total. The highest BCUT2D eigenvalue weighted by atomic mass is 32.1. The van der Waals surface area contributed by atoms with Crippen LogP contribution in [0.3, 0.4) is 0 Å². The average Bonchev–Trinajstić information content (AvgIpc) is 3.09. The van der Waals surface area contributed by atoms with Gasteiger partial charge < -0.3 is 10.1 Å². The van der Waals surface area contributed by atoms with Crippen molar-refractivity contribution in [2.45, 2.75) is 46.2 Å². The second-order valence-electron chi connectivity index (χ2n) is 5.16. The molecule has 0 aromatic carbocycles. The summed E-state index contributed by atoms with van der Waals surface area (Å²) in [6.45, 7) is 8.29. The van der Waals surface area contributed by atoms with Crippen molar-refractivity contribution in [3.63, 3.8) is 0 Å². The van der Waals surface area contributed by atoms with Crippen molar-refractivity contribution in [1.29, 1.82) is 0 Å². The fraction of sp³-hybridized carbons (Fsp3) is 0.562. The van der Waals surface area contributed by atoms with Crippen LogP contribution in [-0.4, -0.2) is 23.4 Å². The molecule has 2 rings (SSSR count). The third-order valence-electron chi connectivity index (χ3n) is 3.53. The molecule has 0 aliphatic heterocycles. The molecule has 2 aromatic heterocycles. The van der Waals surface area contributed by atoms with E-state index < -0.39 is 0 Å². The zero-order valence-electron chi connectivity index (χ0n) is 13.3. The van der Waals surface area contributed by atoms with Crippen LogP contribution >= 0.6 is 11.3 Å². The van der Waals surface area contributed by atoms with Gasteiger partial charge in [-0.15, -0.1) is 11.3 Å². The van der Waals surface area contributed by atoms with Crippen LogP contribution in [0.5, 0.6) is 5.75 Å². The number of hydrogen-bond acceptors (Lipinski definition) is 4. The van der Waals surface area contributed by atoms with Crippen LogP contribution in [0.15, 0.2) is 17.5 Å². The number of hydrogen-bond donors (Lipinski definition) is 1. The Bertz CT molecular complexity index is 562. The first-order valence-electron chi connectivity index (χ1n) is 7.57. The Hall–Kier alpha value is -1.33. The van der Waals surface area contributed by atoms with Crippen molar-refractivity contribution in [1.82, 2.24) is 15.1 Å². The van der Waals surface area contributed by atoms with Gasteiger partial charge in [0.05, 0.1) is 23.7 Å². The van der Waals surface area contributed by atoms with Gasteiger partial charge in [-0.25, -0.2) is 0 Å². The summed E-state index contributed by atoms with van der Waals surface area (Å²) in [6.07, 6.45) is 2.06. The minimum Gasteiger partial charge on any atom is -0.496 e. The lowest BCUT2D eigenvalue weighted by Gasteiger charge is -2.19. The maximum atomic E-state index is 5.49. The van der Waals surface area contributed by atoms with Crippen molar-refractivity contribution >= 4 is 11.3 Å². The molecule has 2 heterocycles. The summed E-state index contributed by atoms with van der Waals surface area (Å²) in [7, 11) is 1.74. The van der Waals surface area contributed by atoms with Gasteiger partial charge in [-0.3, -0.25) is 4.68 Å². The molecule has 1 unspecified atom stereocenters. The Morgan fingerprint density at radius 3 is 2.90 bits per heavy atom. The fourth-order valence-corrected chi connectivity index (χ4v) is 3.49. The summed E-state index contributed by atoms with van der Waals surface area (Å²) in [6, 6.07) is 4.51. The lowest BCUT2D eigenvalue weighted by atomic mass is 10.1. The first-order chi connectivity index (χ1) is 10.2. The van der Waals surface area contributed by atoms with Crippen molar-refractivity contribution in [2.75, 3.05) is 13.7 Å². The Morgan fingerprint density at radius 2 is 2.24 bits per heavy atom. The van der Waals surface area contributed by atoms with E-state index in [1.165, 1.54) is 10.6 Å². The monoisotopic (exact) mass is 307 g/mol. The molecule has 0 radical (unpaired) electrons. The van der Waals surface area contributed by atoms with Gasteiger partial charge in [0.15, 0.2) is 0 Å². The number of methoxy groups -OCH3 is 1. The smallest absolute Gasteiger partial charge is 0.134 e. The van der Waals surface area contributed by atoms with E-state index in [9.17, 15) is 0 Å². The summed E-state index contributed by atoms with van der Waals surface area (Å²) in [5.41, 5.74) is 2.36. The minimum atomic E-state index is 0.279. The molecule has 0 amide bonds. The minimum absolute atomic E-state index is 0.279. The van der Waals surface area contributed by atoms with Crippen molar-refractivity contribution in [3.05, 3.63) is 33.8 Å². The topological polar surface area (TPSA) is 39.1 Å². The van der Waals surface area contributed by atoms with Crippen LogP contribution in [0.4, 0.5) is 0 Å². The quantitative estimate of drug-likeness (QED) is 0.810. The van der Waals surface area contributed by atoms with Gasteiger partial charge in [-0.1, -0.05) is 6.92 Å². The highest BCUT2D eigenvalue weighted by Gasteiger charge is 2.19. The van der Waals surface area contributed by atoms with E-state index in [-0.39, 0.29) is 6.04 Å². The van der Waals surface area contributed by atoms with E-state index in [0.29, 0.717) is 0 Å². The molecule has 116 valence electrons. The molecule has 0 fully saturated rings. The third kappa shape index (κ3) is 3.86. The highest BCUT2D eigenvalue weighted by molar-refractivity contribution is 7.10. The molecule has 21 heavy (non-hydrogen) atoms. The number of thiophene rings is 1. The van der Waals surface area contributed by atoms with Gasteiger partial charge in [-0.05, 0) is 44.3 Å². The second kappa shape index (κ2) is 7.61. The van der Waals surface area contributed by atoms with E-state index in [0.717, 1.165) is 37.4 Å². The van der Waals surface area contributed by atoms with Crippen LogP contribution in [0.1, 0.15) is 42.6 Å². The average molecular weight is 307 g/mol. The molecule has 1 atom stereocenters. The Balaban J connectivity index is 2.23. The van der Waals surface area contributed by atoms with Crippen LogP contribution in [-0.2, 0) is 13.0 Å². The number of aromatic nitrogens is 2. The number of nitrogens with zero attached hydrogens (tertiary/aromatic N) is 2. The molecule has 0 saturated carbocycles. The number of aryl methyl sites for hydroxylation is 2. The zero-order chi connectivity index (χ0) is 15.2. The number of nitrogens with one attached hydrogen (secondary N) is 1. The summed E-state index contributed by atoms with van der Waals surface area (Å²) in [4.78, 5) is 1.27. The van der Waals surface area contributed by atoms with Crippen molar-refractivity contribution in [2.24, 2.45) is 0 Å². The first-order valence-corrected chi connectivity index (χ1v) is 8.45. The standard InChI is InChI=1S/C16H25N3OS/c1-5-8-17-14(16-15(20-4)7-9-21-16)11-13-10-12(3)18-19(13)6-2/h7,9-10,14,17H,5-6,8,11H2,1-4H3. The number of rotatable bonds is 8. The summed E-state index contributed by atoms with van der Waals surface area (Å²) >= 11 is 1.76. The third-order valence-corrected chi connectivity index (χ3v) is 4.54. The Labute approximate surface area is 131 Å².